The van der Waals surface area contributed by atoms with Crippen LogP contribution in [-0.4, -0.2) is 5.78 Å². The Kier molecular flexibility index (Phi) is 1.72. The highest BCUT2D eigenvalue weighted by atomic mass is 19.1. The van der Waals surface area contributed by atoms with Crippen LogP contribution in [0.25, 0.3) is 0 Å². The van der Waals surface area contributed by atoms with Gasteiger partial charge in [0.05, 0.1) is 0 Å². The Morgan fingerprint density at radius 2 is 2.00 bits per heavy atom. The van der Waals surface area contributed by atoms with Crippen LogP contribution in [0.1, 0.15) is 33.5 Å². The molecule has 0 aromatic heterocycles. The van der Waals surface area contributed by atoms with Gasteiger partial charge in [0, 0.05) is 12.0 Å². The number of benzene rings is 1. The summed E-state index contributed by atoms with van der Waals surface area (Å²) in [6.07, 6.45) is 1.04. The summed E-state index contributed by atoms with van der Waals surface area (Å²) in [5.41, 5.74) is 3.07. The highest BCUT2D eigenvalue weighted by Crippen LogP contribution is 2.29. The van der Waals surface area contributed by atoms with E-state index in [4.69, 9.17) is 0 Å². The number of carbonyl (C=O) groups is 1. The van der Waals surface area contributed by atoms with Crippen LogP contribution in [0.5, 0.6) is 0 Å². The van der Waals surface area contributed by atoms with Crippen LogP contribution in [0.15, 0.2) is 6.07 Å². The van der Waals surface area contributed by atoms with E-state index in [0.717, 1.165) is 11.1 Å². The van der Waals surface area contributed by atoms with Gasteiger partial charge in [-0.2, -0.15) is 0 Å². The van der Waals surface area contributed by atoms with Crippen LogP contribution in [0.2, 0.25) is 0 Å². The summed E-state index contributed by atoms with van der Waals surface area (Å²) in [5.74, 6) is -0.126. The predicted molar refractivity (Wildman–Crippen MR) is 48.5 cm³/mol. The number of rotatable bonds is 0. The lowest BCUT2D eigenvalue weighted by atomic mass is 9.99. The molecule has 0 saturated carbocycles. The monoisotopic (exact) mass is 178 g/mol. The van der Waals surface area contributed by atoms with Crippen LogP contribution in [-0.2, 0) is 6.42 Å². The molecule has 1 aliphatic carbocycles. The molecule has 0 spiro atoms. The van der Waals surface area contributed by atoms with E-state index in [1.54, 1.807) is 0 Å². The number of hydrogen-bond acceptors (Lipinski definition) is 1. The Balaban J connectivity index is 2.77. The zero-order valence-electron chi connectivity index (χ0n) is 7.78. The molecule has 2 rings (SSSR count). The van der Waals surface area contributed by atoms with Crippen LogP contribution < -0.4 is 0 Å². The highest BCUT2D eigenvalue weighted by Gasteiger charge is 2.25. The molecule has 13 heavy (non-hydrogen) atoms. The molecule has 1 aliphatic rings. The van der Waals surface area contributed by atoms with Gasteiger partial charge in [-0.05, 0) is 43.0 Å². The second kappa shape index (κ2) is 2.66. The fourth-order valence-electron chi connectivity index (χ4n) is 1.91. The third-order valence-corrected chi connectivity index (χ3v) is 2.78. The van der Waals surface area contributed by atoms with Gasteiger partial charge in [0.25, 0.3) is 0 Å². The maximum Gasteiger partial charge on any atom is 0.163 e. The van der Waals surface area contributed by atoms with Gasteiger partial charge in [0.1, 0.15) is 5.82 Å². The Morgan fingerprint density at radius 3 is 2.69 bits per heavy atom. The van der Waals surface area contributed by atoms with Gasteiger partial charge in [0.2, 0.25) is 0 Å². The minimum absolute atomic E-state index is 0.0927. The maximum absolute atomic E-state index is 13.4. The molecule has 1 aromatic carbocycles. The molecule has 0 atom stereocenters. The van der Waals surface area contributed by atoms with E-state index in [1.165, 1.54) is 6.07 Å². The lowest BCUT2D eigenvalue weighted by molar-refractivity contribution is 0.0994. The first-order valence-electron chi connectivity index (χ1n) is 4.43. The van der Waals surface area contributed by atoms with Gasteiger partial charge < -0.3 is 0 Å². The molecule has 0 saturated heterocycles. The minimum atomic E-state index is -0.219. The fourth-order valence-corrected chi connectivity index (χ4v) is 1.91. The Hall–Kier alpha value is -1.18. The molecule has 68 valence electrons. The lowest BCUT2D eigenvalue weighted by Crippen LogP contribution is -1.99. The van der Waals surface area contributed by atoms with Crippen LogP contribution in [0.4, 0.5) is 4.39 Å². The Labute approximate surface area is 76.6 Å². The molecule has 0 heterocycles. The molecule has 0 N–H and O–H groups in total. The summed E-state index contributed by atoms with van der Waals surface area (Å²) >= 11 is 0. The average Bonchev–Trinajstić information content (AvgIpc) is 2.44. The fraction of sp³-hybridized carbons (Fsp3) is 0.364. The molecule has 1 nitrogen and oxygen atoms in total. The van der Waals surface area contributed by atoms with Gasteiger partial charge in [-0.15, -0.1) is 0 Å². The van der Waals surface area contributed by atoms with E-state index < -0.39 is 0 Å². The summed E-state index contributed by atoms with van der Waals surface area (Å²) < 4.78 is 13.4. The van der Waals surface area contributed by atoms with E-state index in [2.05, 4.69) is 0 Å². The first-order chi connectivity index (χ1) is 6.11. The van der Waals surface area contributed by atoms with Crippen molar-refractivity contribution in [1.82, 2.24) is 0 Å². The van der Waals surface area contributed by atoms with Crippen LogP contribution >= 0.6 is 0 Å². The molecular weight excluding hydrogens is 167 g/mol. The van der Waals surface area contributed by atoms with Crippen LogP contribution in [0.3, 0.4) is 0 Å². The van der Waals surface area contributed by atoms with Crippen molar-refractivity contribution in [3.8, 4) is 0 Å². The second-order valence-corrected chi connectivity index (χ2v) is 3.58. The molecule has 2 heteroatoms. The van der Waals surface area contributed by atoms with Crippen molar-refractivity contribution in [2.45, 2.75) is 26.7 Å². The first kappa shape index (κ1) is 8.42. The van der Waals surface area contributed by atoms with Gasteiger partial charge >= 0.3 is 0 Å². The van der Waals surface area contributed by atoms with Crippen LogP contribution in [0, 0.1) is 19.7 Å². The van der Waals surface area contributed by atoms with Crippen molar-refractivity contribution in [2.24, 2.45) is 0 Å². The summed E-state index contributed by atoms with van der Waals surface area (Å²) in [7, 11) is 0. The normalized spacial score (nSPS) is 14.8. The molecule has 0 radical (unpaired) electrons. The molecule has 0 unspecified atom stereocenters. The third-order valence-electron chi connectivity index (χ3n) is 2.78. The van der Waals surface area contributed by atoms with E-state index in [1.807, 2.05) is 13.8 Å². The van der Waals surface area contributed by atoms with Gasteiger partial charge in [-0.1, -0.05) is 0 Å². The second-order valence-electron chi connectivity index (χ2n) is 3.58. The van der Waals surface area contributed by atoms with Crippen molar-refractivity contribution in [3.63, 3.8) is 0 Å². The smallest absolute Gasteiger partial charge is 0.163 e. The topological polar surface area (TPSA) is 17.1 Å². The van der Waals surface area contributed by atoms with E-state index >= 15 is 0 Å². The Morgan fingerprint density at radius 1 is 1.31 bits per heavy atom. The molecule has 0 fully saturated rings. The number of halogens is 1. The molecule has 0 aliphatic heterocycles. The van der Waals surface area contributed by atoms with Crippen molar-refractivity contribution in [3.05, 3.63) is 34.1 Å². The van der Waals surface area contributed by atoms with Gasteiger partial charge in [0.15, 0.2) is 5.78 Å². The number of hydrogen-bond donors (Lipinski definition) is 0. The summed E-state index contributed by atoms with van der Waals surface area (Å²) in [5, 5.41) is 0. The van der Waals surface area contributed by atoms with E-state index in [0.29, 0.717) is 24.0 Å². The number of aryl methyl sites for hydroxylation is 1. The Bertz CT molecular complexity index is 394. The van der Waals surface area contributed by atoms with Crippen molar-refractivity contribution in [2.75, 3.05) is 0 Å². The number of fused-ring (bicyclic) bond motifs is 1. The number of carbonyl (C=O) groups excluding carboxylic acids is 1. The number of Topliss-reactive ketones (excluding diaryl/α,β-unsaturated/α-hetero) is 1. The highest BCUT2D eigenvalue weighted by molar-refractivity contribution is 6.02. The van der Waals surface area contributed by atoms with Crippen molar-refractivity contribution < 1.29 is 9.18 Å². The maximum atomic E-state index is 13.4. The average molecular weight is 178 g/mol. The summed E-state index contributed by atoms with van der Waals surface area (Å²) in [4.78, 5) is 11.4. The zero-order chi connectivity index (χ0) is 9.59. The van der Waals surface area contributed by atoms with E-state index in [9.17, 15) is 9.18 Å². The molecule has 0 amide bonds. The first-order valence-corrected chi connectivity index (χ1v) is 4.43. The molecule has 0 bridgehead atoms. The van der Waals surface area contributed by atoms with Crippen molar-refractivity contribution in [1.29, 1.82) is 0 Å². The number of ketones is 1. The molecular formula is C11H11FO. The molecule has 1 aromatic rings. The quantitative estimate of drug-likeness (QED) is 0.596. The van der Waals surface area contributed by atoms with Gasteiger partial charge in [-0.3, -0.25) is 4.79 Å². The third kappa shape index (κ3) is 1.09. The van der Waals surface area contributed by atoms with Gasteiger partial charge in [-0.25, -0.2) is 4.39 Å². The van der Waals surface area contributed by atoms with E-state index in [-0.39, 0.29) is 11.6 Å². The SMILES string of the molecule is Cc1cc(F)c2c(c1C)C(=O)CC2. The predicted octanol–water partition coefficient (Wildman–Crippen LogP) is 2.57. The lowest BCUT2D eigenvalue weighted by Gasteiger charge is -2.07. The standard InChI is InChI=1S/C11H11FO/c1-6-5-9(12)8-3-4-10(13)11(8)7(6)2/h5H,3-4H2,1-2H3. The summed E-state index contributed by atoms with van der Waals surface area (Å²) in [6.45, 7) is 3.72. The minimum Gasteiger partial charge on any atom is -0.294 e. The van der Waals surface area contributed by atoms with Crippen molar-refractivity contribution >= 4 is 5.78 Å². The zero-order valence-corrected chi connectivity index (χ0v) is 7.78. The summed E-state index contributed by atoms with van der Waals surface area (Å²) in [6, 6.07) is 1.52. The largest absolute Gasteiger partial charge is 0.294 e.